The number of nitrogens with one attached hydrogen (secondary N) is 1. The Bertz CT molecular complexity index is 461. The second-order valence-corrected chi connectivity index (χ2v) is 4.79. The summed E-state index contributed by atoms with van der Waals surface area (Å²) < 4.78 is 0. The predicted octanol–water partition coefficient (Wildman–Crippen LogP) is 1.02. The van der Waals surface area contributed by atoms with Crippen molar-refractivity contribution in [2.75, 3.05) is 13.1 Å². The van der Waals surface area contributed by atoms with Gasteiger partial charge in [0.15, 0.2) is 0 Å². The quantitative estimate of drug-likeness (QED) is 0.853. The summed E-state index contributed by atoms with van der Waals surface area (Å²) in [5.41, 5.74) is 1.13. The lowest BCUT2D eigenvalue weighted by molar-refractivity contribution is -0.141. The molecule has 102 valence electrons. The van der Waals surface area contributed by atoms with Gasteiger partial charge in [0.05, 0.1) is 0 Å². The summed E-state index contributed by atoms with van der Waals surface area (Å²) >= 11 is 0. The molecule has 2 rings (SSSR count). The number of benzene rings is 1. The van der Waals surface area contributed by atoms with Crippen LogP contribution in [0, 0.1) is 0 Å². The Kier molecular flexibility index (Phi) is 4.16. The summed E-state index contributed by atoms with van der Waals surface area (Å²) in [6.45, 7) is 2.94. The van der Waals surface area contributed by atoms with Gasteiger partial charge < -0.3 is 10.4 Å². The third-order valence-corrected chi connectivity index (χ3v) is 3.51. The Morgan fingerprint density at radius 1 is 1.42 bits per heavy atom. The molecular formula is C14H18N2O3. The Morgan fingerprint density at radius 3 is 2.74 bits per heavy atom. The first-order valence-electron chi connectivity index (χ1n) is 6.39. The van der Waals surface area contributed by atoms with Crippen molar-refractivity contribution < 1.29 is 14.7 Å². The summed E-state index contributed by atoms with van der Waals surface area (Å²) in [6, 6.07) is 9.16. The largest absolute Gasteiger partial charge is 0.480 e. The van der Waals surface area contributed by atoms with Crippen LogP contribution in [0.5, 0.6) is 0 Å². The molecule has 0 saturated carbocycles. The van der Waals surface area contributed by atoms with Gasteiger partial charge in [-0.05, 0) is 12.5 Å². The van der Waals surface area contributed by atoms with Gasteiger partial charge in [-0.2, -0.15) is 0 Å². The smallest absolute Gasteiger partial charge is 0.327 e. The number of carbonyl (C=O) groups excluding carboxylic acids is 1. The van der Waals surface area contributed by atoms with E-state index in [-0.39, 0.29) is 11.9 Å². The van der Waals surface area contributed by atoms with Gasteiger partial charge in [-0.1, -0.05) is 30.3 Å². The number of rotatable bonds is 3. The number of carbonyl (C=O) groups is 2. The van der Waals surface area contributed by atoms with E-state index in [4.69, 9.17) is 5.11 Å². The molecule has 1 aromatic carbocycles. The molecule has 1 saturated heterocycles. The van der Waals surface area contributed by atoms with Crippen LogP contribution in [0.25, 0.3) is 0 Å². The minimum Gasteiger partial charge on any atom is -0.480 e. The van der Waals surface area contributed by atoms with Crippen LogP contribution < -0.4 is 5.32 Å². The maximum Gasteiger partial charge on any atom is 0.327 e. The van der Waals surface area contributed by atoms with E-state index >= 15 is 0 Å². The van der Waals surface area contributed by atoms with Crippen molar-refractivity contribution in [3.63, 3.8) is 0 Å². The minimum absolute atomic E-state index is 0.0933. The first kappa shape index (κ1) is 13.5. The van der Waals surface area contributed by atoms with E-state index in [9.17, 15) is 9.59 Å². The summed E-state index contributed by atoms with van der Waals surface area (Å²) in [7, 11) is 0. The molecule has 0 bridgehead atoms. The third kappa shape index (κ3) is 3.32. The molecule has 19 heavy (non-hydrogen) atoms. The van der Waals surface area contributed by atoms with Crippen LogP contribution in [-0.2, 0) is 9.59 Å². The highest BCUT2D eigenvalue weighted by Gasteiger charge is 2.29. The van der Waals surface area contributed by atoms with Crippen LogP contribution in [0.1, 0.15) is 24.9 Å². The maximum absolute atomic E-state index is 11.5. The predicted molar refractivity (Wildman–Crippen MR) is 70.6 cm³/mol. The first-order valence-corrected chi connectivity index (χ1v) is 6.39. The van der Waals surface area contributed by atoms with Crippen molar-refractivity contribution in [1.82, 2.24) is 10.2 Å². The number of aliphatic carboxylic acids is 1. The van der Waals surface area contributed by atoms with E-state index in [1.807, 2.05) is 42.2 Å². The third-order valence-electron chi connectivity index (χ3n) is 3.51. The lowest BCUT2D eigenvalue weighted by atomic mass is 10.1. The number of carboxylic acids is 1. The highest BCUT2D eigenvalue weighted by atomic mass is 16.4. The van der Waals surface area contributed by atoms with Gasteiger partial charge in [-0.3, -0.25) is 9.69 Å². The van der Waals surface area contributed by atoms with Crippen molar-refractivity contribution in [3.05, 3.63) is 35.9 Å². The van der Waals surface area contributed by atoms with Crippen LogP contribution in [0.4, 0.5) is 0 Å². The second-order valence-electron chi connectivity index (χ2n) is 4.79. The molecule has 1 aromatic rings. The Hall–Kier alpha value is -1.88. The number of carboxylic acid groups (broad SMARTS) is 1. The highest BCUT2D eigenvalue weighted by Crippen LogP contribution is 2.21. The molecule has 2 N–H and O–H groups in total. The SMILES string of the molecule is CC(c1ccccc1)N1CCC(=O)NC(C(=O)O)C1. The molecule has 1 fully saturated rings. The van der Waals surface area contributed by atoms with Crippen LogP contribution in [0.2, 0.25) is 0 Å². The Labute approximate surface area is 112 Å². The Balaban J connectivity index is 2.14. The number of amides is 1. The summed E-state index contributed by atoms with van der Waals surface area (Å²) in [5, 5.41) is 11.6. The summed E-state index contributed by atoms with van der Waals surface area (Å²) in [4.78, 5) is 24.7. The zero-order valence-electron chi connectivity index (χ0n) is 10.9. The van der Waals surface area contributed by atoms with E-state index in [0.29, 0.717) is 19.5 Å². The number of hydrogen-bond donors (Lipinski definition) is 2. The fraction of sp³-hybridized carbons (Fsp3) is 0.429. The van der Waals surface area contributed by atoms with E-state index in [2.05, 4.69) is 5.32 Å². The fourth-order valence-electron chi connectivity index (χ4n) is 2.32. The molecular weight excluding hydrogens is 244 g/mol. The Morgan fingerprint density at radius 2 is 2.11 bits per heavy atom. The monoisotopic (exact) mass is 262 g/mol. The first-order chi connectivity index (χ1) is 9.08. The van der Waals surface area contributed by atoms with Crippen molar-refractivity contribution in [2.24, 2.45) is 0 Å². The van der Waals surface area contributed by atoms with Gasteiger partial charge in [0.2, 0.25) is 5.91 Å². The molecule has 5 heteroatoms. The molecule has 0 spiro atoms. The van der Waals surface area contributed by atoms with Crippen molar-refractivity contribution in [1.29, 1.82) is 0 Å². The molecule has 5 nitrogen and oxygen atoms in total. The number of hydrogen-bond acceptors (Lipinski definition) is 3. The van der Waals surface area contributed by atoms with Gasteiger partial charge in [-0.25, -0.2) is 4.79 Å². The van der Waals surface area contributed by atoms with Gasteiger partial charge in [-0.15, -0.1) is 0 Å². The number of nitrogens with zero attached hydrogens (tertiary/aromatic N) is 1. The van der Waals surface area contributed by atoms with Crippen molar-refractivity contribution >= 4 is 11.9 Å². The molecule has 0 radical (unpaired) electrons. The standard InChI is InChI=1S/C14H18N2O3/c1-10(11-5-3-2-4-6-11)16-8-7-13(17)15-12(9-16)14(18)19/h2-6,10,12H,7-9H2,1H3,(H,15,17)(H,18,19). The molecule has 2 unspecified atom stereocenters. The summed E-state index contributed by atoms with van der Waals surface area (Å²) in [6.07, 6.45) is 0.334. The van der Waals surface area contributed by atoms with E-state index in [0.717, 1.165) is 5.56 Å². The fourth-order valence-corrected chi connectivity index (χ4v) is 2.32. The second kappa shape index (κ2) is 5.84. The summed E-state index contributed by atoms with van der Waals surface area (Å²) in [5.74, 6) is -1.18. The van der Waals surface area contributed by atoms with E-state index in [1.165, 1.54) is 0 Å². The lowest BCUT2D eigenvalue weighted by Gasteiger charge is -2.28. The molecule has 1 aliphatic heterocycles. The van der Waals surface area contributed by atoms with Gasteiger partial charge in [0.25, 0.3) is 0 Å². The van der Waals surface area contributed by atoms with Crippen LogP contribution >= 0.6 is 0 Å². The van der Waals surface area contributed by atoms with E-state index < -0.39 is 12.0 Å². The van der Waals surface area contributed by atoms with Crippen molar-refractivity contribution in [3.8, 4) is 0 Å². The van der Waals surface area contributed by atoms with Crippen LogP contribution in [-0.4, -0.2) is 41.0 Å². The molecule has 2 atom stereocenters. The average Bonchev–Trinajstić information content (AvgIpc) is 2.61. The molecule has 0 aliphatic carbocycles. The highest BCUT2D eigenvalue weighted by molar-refractivity contribution is 5.84. The lowest BCUT2D eigenvalue weighted by Crippen LogP contribution is -2.45. The van der Waals surface area contributed by atoms with Gasteiger partial charge >= 0.3 is 5.97 Å². The van der Waals surface area contributed by atoms with E-state index in [1.54, 1.807) is 0 Å². The minimum atomic E-state index is -0.986. The van der Waals surface area contributed by atoms with Gasteiger partial charge in [0.1, 0.15) is 6.04 Å². The molecule has 1 amide bonds. The molecule has 1 aliphatic rings. The molecule has 1 heterocycles. The average molecular weight is 262 g/mol. The van der Waals surface area contributed by atoms with Crippen LogP contribution in [0.3, 0.4) is 0 Å². The van der Waals surface area contributed by atoms with Gasteiger partial charge in [0, 0.05) is 25.6 Å². The van der Waals surface area contributed by atoms with Crippen LogP contribution in [0.15, 0.2) is 30.3 Å². The topological polar surface area (TPSA) is 69.6 Å². The molecule has 0 aromatic heterocycles. The zero-order valence-corrected chi connectivity index (χ0v) is 10.9. The van der Waals surface area contributed by atoms with Crippen molar-refractivity contribution in [2.45, 2.75) is 25.4 Å². The zero-order chi connectivity index (χ0) is 13.8. The maximum atomic E-state index is 11.5. The normalized spacial score (nSPS) is 22.4.